The van der Waals surface area contributed by atoms with Gasteiger partial charge < -0.3 is 14.4 Å². The number of carbonyl (C=O) groups is 2. The molecule has 0 spiro atoms. The first-order valence-electron chi connectivity index (χ1n) is 9.62. The van der Waals surface area contributed by atoms with Crippen LogP contribution in [0.3, 0.4) is 0 Å². The molecule has 0 radical (unpaired) electrons. The van der Waals surface area contributed by atoms with Crippen LogP contribution in [0, 0.1) is 5.41 Å². The average Bonchev–Trinajstić information content (AvgIpc) is 2.92. The number of piperazine rings is 1. The molecule has 1 aromatic rings. The van der Waals surface area contributed by atoms with Crippen LogP contribution < -0.4 is 9.64 Å². The van der Waals surface area contributed by atoms with Crippen LogP contribution in [0.4, 0.5) is 18.9 Å². The molecule has 0 saturated carbocycles. The lowest BCUT2D eigenvalue weighted by molar-refractivity contribution is -0.189. The molecule has 9 heteroatoms. The Morgan fingerprint density at radius 2 is 1.93 bits per heavy atom. The van der Waals surface area contributed by atoms with Gasteiger partial charge in [0.05, 0.1) is 5.41 Å². The van der Waals surface area contributed by atoms with Crippen molar-refractivity contribution >= 4 is 17.6 Å². The zero-order valence-electron chi connectivity index (χ0n) is 16.5. The predicted molar refractivity (Wildman–Crippen MR) is 99.7 cm³/mol. The Balaban J connectivity index is 1.48. The van der Waals surface area contributed by atoms with Crippen LogP contribution in [-0.4, -0.2) is 61.8 Å². The highest BCUT2D eigenvalue weighted by Gasteiger charge is 2.42. The van der Waals surface area contributed by atoms with Crippen LogP contribution >= 0.6 is 0 Å². The molecule has 0 bridgehead atoms. The number of hydrogen-bond acceptors (Lipinski definition) is 6. The second kappa shape index (κ2) is 8.22. The van der Waals surface area contributed by atoms with E-state index >= 15 is 0 Å². The summed E-state index contributed by atoms with van der Waals surface area (Å²) in [5.74, 6) is -2.49. The van der Waals surface area contributed by atoms with Gasteiger partial charge in [-0.1, -0.05) is 6.07 Å². The van der Waals surface area contributed by atoms with Crippen molar-refractivity contribution in [1.82, 2.24) is 4.90 Å². The van der Waals surface area contributed by atoms with Crippen LogP contribution in [0.15, 0.2) is 24.3 Å². The lowest BCUT2D eigenvalue weighted by Crippen LogP contribution is -2.47. The van der Waals surface area contributed by atoms with Gasteiger partial charge in [-0.25, -0.2) is 4.79 Å². The monoisotopic (exact) mass is 414 g/mol. The van der Waals surface area contributed by atoms with Crippen molar-refractivity contribution in [3.05, 3.63) is 24.3 Å². The summed E-state index contributed by atoms with van der Waals surface area (Å²) in [6, 6.07) is 6.12. The number of ether oxygens (including phenoxy) is 2. The van der Waals surface area contributed by atoms with Crippen LogP contribution in [0.2, 0.25) is 0 Å². The second-order valence-corrected chi connectivity index (χ2v) is 8.12. The average molecular weight is 414 g/mol. The molecule has 0 N–H and O–H groups in total. The molecule has 2 heterocycles. The maximum atomic E-state index is 12.4. The Hall–Kier alpha value is -2.29. The van der Waals surface area contributed by atoms with E-state index in [1.165, 1.54) is 12.1 Å². The lowest BCUT2D eigenvalue weighted by atomic mass is 9.89. The van der Waals surface area contributed by atoms with Crippen molar-refractivity contribution < 1.29 is 32.2 Å². The van der Waals surface area contributed by atoms with E-state index in [0.717, 1.165) is 32.5 Å². The van der Waals surface area contributed by atoms with Crippen molar-refractivity contribution in [3.63, 3.8) is 0 Å². The quantitative estimate of drug-likeness (QED) is 0.545. The first kappa shape index (κ1) is 21.4. The lowest BCUT2D eigenvalue weighted by Gasteiger charge is -2.36. The minimum Gasteiger partial charge on any atom is -0.462 e. The molecule has 1 atom stereocenters. The zero-order valence-corrected chi connectivity index (χ0v) is 16.5. The fraction of sp³-hybridized carbons (Fsp3) is 0.600. The van der Waals surface area contributed by atoms with E-state index in [4.69, 9.17) is 4.74 Å². The molecule has 2 aliphatic rings. The number of rotatable bonds is 5. The maximum Gasteiger partial charge on any atom is 0.491 e. The van der Waals surface area contributed by atoms with Crippen LogP contribution in [0.1, 0.15) is 26.7 Å². The first-order valence-corrected chi connectivity index (χ1v) is 9.62. The Labute approximate surface area is 167 Å². The molecule has 2 fully saturated rings. The highest BCUT2D eigenvalue weighted by atomic mass is 19.4. The Morgan fingerprint density at radius 1 is 1.24 bits per heavy atom. The summed E-state index contributed by atoms with van der Waals surface area (Å²) in [5.41, 5.74) is 0.299. The number of carbonyl (C=O) groups excluding carboxylic acids is 2. The third-order valence-electron chi connectivity index (χ3n) is 5.33. The summed E-state index contributed by atoms with van der Waals surface area (Å²) < 4.78 is 46.9. The third-order valence-corrected chi connectivity index (χ3v) is 5.33. The molecule has 0 aliphatic carbocycles. The highest BCUT2D eigenvalue weighted by molar-refractivity contribution is 5.78. The summed E-state index contributed by atoms with van der Waals surface area (Å²) in [6.07, 6.45) is -3.55. The standard InChI is InChI=1S/C20H25F3N2O4/c1-19(2)13-16(29-17(19)26)6-7-24-8-10-25(11-9-24)14-4-3-5-15(12-14)28-18(27)20(21,22)23/h3-5,12,16H,6-11,13H2,1-2H3/t16-/m0/s1. The summed E-state index contributed by atoms with van der Waals surface area (Å²) in [4.78, 5) is 27.1. The number of hydrogen-bond donors (Lipinski definition) is 0. The van der Waals surface area contributed by atoms with Gasteiger partial charge in [0, 0.05) is 44.5 Å². The van der Waals surface area contributed by atoms with Gasteiger partial charge in [-0.2, -0.15) is 13.2 Å². The van der Waals surface area contributed by atoms with Gasteiger partial charge in [0.2, 0.25) is 0 Å². The fourth-order valence-electron chi connectivity index (χ4n) is 3.63. The van der Waals surface area contributed by atoms with Crippen molar-refractivity contribution in [2.24, 2.45) is 5.41 Å². The fourth-order valence-corrected chi connectivity index (χ4v) is 3.63. The molecule has 6 nitrogen and oxygen atoms in total. The van der Waals surface area contributed by atoms with Gasteiger partial charge >= 0.3 is 18.1 Å². The molecule has 2 saturated heterocycles. The van der Waals surface area contributed by atoms with Gasteiger partial charge in [0.25, 0.3) is 0 Å². The molecular formula is C20H25F3N2O4. The number of anilines is 1. The molecule has 160 valence electrons. The number of alkyl halides is 3. The second-order valence-electron chi connectivity index (χ2n) is 8.12. The number of halogens is 3. The van der Waals surface area contributed by atoms with Crippen molar-refractivity contribution in [1.29, 1.82) is 0 Å². The van der Waals surface area contributed by atoms with Gasteiger partial charge in [-0.15, -0.1) is 0 Å². The first-order chi connectivity index (χ1) is 13.5. The van der Waals surface area contributed by atoms with E-state index in [-0.39, 0.29) is 17.8 Å². The number of benzene rings is 1. The molecule has 0 aromatic heterocycles. The molecule has 2 aliphatic heterocycles. The molecule has 3 rings (SSSR count). The molecule has 29 heavy (non-hydrogen) atoms. The van der Waals surface area contributed by atoms with Gasteiger partial charge in [0.15, 0.2) is 0 Å². The smallest absolute Gasteiger partial charge is 0.462 e. The van der Waals surface area contributed by atoms with Gasteiger partial charge in [0.1, 0.15) is 11.9 Å². The summed E-state index contributed by atoms with van der Waals surface area (Å²) in [5, 5.41) is 0. The zero-order chi connectivity index (χ0) is 21.2. The molecule has 0 amide bonds. The van der Waals surface area contributed by atoms with E-state index in [1.807, 2.05) is 18.7 Å². The van der Waals surface area contributed by atoms with Crippen molar-refractivity contribution in [2.45, 2.75) is 39.0 Å². The Kier molecular flexibility index (Phi) is 6.07. The Morgan fingerprint density at radius 3 is 2.52 bits per heavy atom. The van der Waals surface area contributed by atoms with Crippen LogP contribution in [-0.2, 0) is 14.3 Å². The van der Waals surface area contributed by atoms with Crippen molar-refractivity contribution in [2.75, 3.05) is 37.6 Å². The minimum absolute atomic E-state index is 0.0458. The number of cyclic esters (lactones) is 1. The molecule has 1 aromatic carbocycles. The minimum atomic E-state index is -5.02. The summed E-state index contributed by atoms with van der Waals surface area (Å²) >= 11 is 0. The molecular weight excluding hydrogens is 389 g/mol. The highest BCUT2D eigenvalue weighted by Crippen LogP contribution is 2.34. The normalized spacial score (nSPS) is 22.4. The molecule has 0 unspecified atom stereocenters. The van der Waals surface area contributed by atoms with E-state index < -0.39 is 17.6 Å². The van der Waals surface area contributed by atoms with Gasteiger partial charge in [-0.3, -0.25) is 9.69 Å². The van der Waals surface area contributed by atoms with E-state index in [1.54, 1.807) is 12.1 Å². The SMILES string of the molecule is CC1(C)C[C@H](CCN2CCN(c3cccc(OC(=O)C(F)(F)F)c3)CC2)OC1=O. The topological polar surface area (TPSA) is 59.1 Å². The summed E-state index contributed by atoms with van der Waals surface area (Å²) in [6.45, 7) is 7.60. The van der Waals surface area contributed by atoms with E-state index in [0.29, 0.717) is 18.8 Å². The maximum absolute atomic E-state index is 12.4. The number of nitrogens with zero attached hydrogens (tertiary/aromatic N) is 2. The van der Waals surface area contributed by atoms with E-state index in [2.05, 4.69) is 9.64 Å². The van der Waals surface area contributed by atoms with E-state index in [9.17, 15) is 22.8 Å². The largest absolute Gasteiger partial charge is 0.491 e. The van der Waals surface area contributed by atoms with Gasteiger partial charge in [-0.05, 0) is 38.8 Å². The third kappa shape index (κ3) is 5.41. The van der Waals surface area contributed by atoms with Crippen LogP contribution in [0.25, 0.3) is 0 Å². The summed E-state index contributed by atoms with van der Waals surface area (Å²) in [7, 11) is 0. The van der Waals surface area contributed by atoms with Crippen molar-refractivity contribution in [3.8, 4) is 5.75 Å². The predicted octanol–water partition coefficient (Wildman–Crippen LogP) is 3.01. The van der Waals surface area contributed by atoms with Crippen LogP contribution in [0.5, 0.6) is 5.75 Å². The number of esters is 2. The Bertz CT molecular complexity index is 758.